The molecule has 0 radical (unpaired) electrons. The van der Waals surface area contributed by atoms with Gasteiger partial charge in [-0.1, -0.05) is 54.6 Å². The van der Waals surface area contributed by atoms with Crippen molar-refractivity contribution < 1.29 is 29.2 Å². The molecule has 0 aliphatic carbocycles. The summed E-state index contributed by atoms with van der Waals surface area (Å²) in [4.78, 5) is 51.6. The van der Waals surface area contributed by atoms with Gasteiger partial charge in [0.25, 0.3) is 17.7 Å². The van der Waals surface area contributed by atoms with Gasteiger partial charge < -0.3 is 5.73 Å². The van der Waals surface area contributed by atoms with Gasteiger partial charge in [0.15, 0.2) is 0 Å². The van der Waals surface area contributed by atoms with Gasteiger partial charge in [0.1, 0.15) is 6.10 Å². The summed E-state index contributed by atoms with van der Waals surface area (Å²) in [6, 6.07) is 22.1. The van der Waals surface area contributed by atoms with Crippen LogP contribution < -0.4 is 11.2 Å². The van der Waals surface area contributed by atoms with Crippen LogP contribution in [-0.4, -0.2) is 33.9 Å². The third-order valence-corrected chi connectivity index (χ3v) is 4.83. The predicted octanol–water partition coefficient (Wildman–Crippen LogP) is 2.88. The summed E-state index contributed by atoms with van der Waals surface area (Å²) in [7, 11) is 0. The molecule has 0 spiro atoms. The van der Waals surface area contributed by atoms with Gasteiger partial charge in [0, 0.05) is 0 Å². The van der Waals surface area contributed by atoms with Crippen LogP contribution in [0.1, 0.15) is 60.0 Å². The fourth-order valence-corrected chi connectivity index (χ4v) is 3.16. The Balaban J connectivity index is 0.000000205. The molecule has 4 rings (SSSR count). The normalized spacial score (nSPS) is 13.0. The molecule has 1 aliphatic rings. The second-order valence-corrected chi connectivity index (χ2v) is 6.96. The first-order valence-electron chi connectivity index (χ1n) is 9.88. The van der Waals surface area contributed by atoms with Crippen LogP contribution in [-0.2, 0) is 4.84 Å². The van der Waals surface area contributed by atoms with Crippen molar-refractivity contribution in [3.63, 3.8) is 0 Å². The molecule has 4 N–H and O–H groups in total. The van der Waals surface area contributed by atoms with Crippen molar-refractivity contribution in [2.45, 2.75) is 13.0 Å². The topological polar surface area (TPSA) is 139 Å². The summed E-state index contributed by atoms with van der Waals surface area (Å²) in [5.74, 6) is -2.28. The zero-order valence-corrected chi connectivity index (χ0v) is 17.6. The van der Waals surface area contributed by atoms with E-state index >= 15 is 0 Å². The fraction of sp³-hybridized carbons (Fsp3) is 0.0833. The van der Waals surface area contributed by atoms with E-state index in [1.807, 2.05) is 30.3 Å². The van der Waals surface area contributed by atoms with Crippen molar-refractivity contribution in [2.24, 2.45) is 5.73 Å². The van der Waals surface area contributed by atoms with Gasteiger partial charge in [-0.3, -0.25) is 29.2 Å². The molecule has 168 valence electrons. The maximum Gasteiger partial charge on any atom is 0.285 e. The number of carbonyl (C=O) groups excluding carboxylic acids is 4. The molecule has 0 fully saturated rings. The van der Waals surface area contributed by atoms with Crippen LogP contribution in [0.25, 0.3) is 0 Å². The lowest BCUT2D eigenvalue weighted by atomic mass is 10.1. The van der Waals surface area contributed by atoms with Crippen LogP contribution in [0.5, 0.6) is 0 Å². The summed E-state index contributed by atoms with van der Waals surface area (Å²) < 4.78 is 0. The first-order chi connectivity index (χ1) is 15.8. The zero-order chi connectivity index (χ0) is 24.0. The van der Waals surface area contributed by atoms with Crippen LogP contribution in [0, 0.1) is 0 Å². The molecule has 3 aromatic carbocycles. The second kappa shape index (κ2) is 10.3. The van der Waals surface area contributed by atoms with Crippen LogP contribution in [0.4, 0.5) is 0 Å². The number of fused-ring (bicyclic) bond motifs is 1. The summed E-state index contributed by atoms with van der Waals surface area (Å²) in [6.07, 6.45) is -0.376. The molecule has 0 bridgehead atoms. The number of nitrogens with one attached hydrogen (secondary N) is 1. The van der Waals surface area contributed by atoms with Crippen LogP contribution in [0.15, 0.2) is 78.9 Å². The average Bonchev–Trinajstić information content (AvgIpc) is 3.09. The van der Waals surface area contributed by atoms with E-state index in [0.29, 0.717) is 11.1 Å². The number of amides is 4. The Labute approximate surface area is 189 Å². The first kappa shape index (κ1) is 23.3. The summed E-state index contributed by atoms with van der Waals surface area (Å²) in [6.45, 7) is 1.80. The first-order valence-corrected chi connectivity index (χ1v) is 9.88. The molecule has 1 heterocycles. The maximum absolute atomic E-state index is 12.2. The molecule has 0 saturated carbocycles. The highest BCUT2D eigenvalue weighted by Crippen LogP contribution is 2.26. The highest BCUT2D eigenvalue weighted by molar-refractivity contribution is 6.20. The van der Waals surface area contributed by atoms with Crippen molar-refractivity contribution in [1.82, 2.24) is 10.5 Å². The van der Waals surface area contributed by atoms with Gasteiger partial charge in [-0.05, 0) is 36.8 Å². The summed E-state index contributed by atoms with van der Waals surface area (Å²) >= 11 is 0. The molecular formula is C24H21N3O6. The molecular weight excluding hydrogens is 426 g/mol. The molecule has 4 amide bonds. The second-order valence-electron chi connectivity index (χ2n) is 6.96. The Morgan fingerprint density at radius 1 is 0.848 bits per heavy atom. The molecule has 9 nitrogen and oxygen atoms in total. The highest BCUT2D eigenvalue weighted by Gasteiger charge is 2.37. The lowest BCUT2D eigenvalue weighted by Gasteiger charge is -2.19. The Kier molecular flexibility index (Phi) is 7.29. The van der Waals surface area contributed by atoms with Crippen LogP contribution >= 0.6 is 0 Å². The van der Waals surface area contributed by atoms with Crippen LogP contribution in [0.3, 0.4) is 0 Å². The number of carbonyl (C=O) groups is 4. The Hall–Kier alpha value is -4.34. The van der Waals surface area contributed by atoms with E-state index in [1.54, 1.807) is 43.3 Å². The third-order valence-electron chi connectivity index (χ3n) is 4.83. The third kappa shape index (κ3) is 5.12. The molecule has 3 aromatic rings. The van der Waals surface area contributed by atoms with Crippen molar-refractivity contribution in [3.8, 4) is 0 Å². The number of primary amides is 1. The molecule has 0 aromatic heterocycles. The molecule has 1 atom stereocenters. The van der Waals surface area contributed by atoms with E-state index in [0.717, 1.165) is 10.6 Å². The van der Waals surface area contributed by atoms with Crippen LogP contribution in [0.2, 0.25) is 0 Å². The van der Waals surface area contributed by atoms with Gasteiger partial charge in [0.05, 0.1) is 22.3 Å². The summed E-state index contributed by atoms with van der Waals surface area (Å²) in [5.41, 5.74) is 8.25. The minimum Gasteiger partial charge on any atom is -0.366 e. The van der Waals surface area contributed by atoms with E-state index in [-0.39, 0.29) is 17.2 Å². The average molecular weight is 447 g/mol. The van der Waals surface area contributed by atoms with Gasteiger partial charge in [-0.25, -0.2) is 5.48 Å². The lowest BCUT2D eigenvalue weighted by molar-refractivity contribution is -0.128. The number of hydrogen-bond acceptors (Lipinski definition) is 6. The quantitative estimate of drug-likeness (QED) is 0.312. The fourth-order valence-electron chi connectivity index (χ4n) is 3.16. The van der Waals surface area contributed by atoms with E-state index in [9.17, 15) is 19.2 Å². The van der Waals surface area contributed by atoms with Gasteiger partial charge in [-0.2, -0.15) is 0 Å². The Morgan fingerprint density at radius 3 is 1.85 bits per heavy atom. The maximum atomic E-state index is 12.2. The molecule has 9 heteroatoms. The molecule has 1 unspecified atom stereocenters. The zero-order valence-electron chi connectivity index (χ0n) is 17.6. The van der Waals surface area contributed by atoms with Gasteiger partial charge >= 0.3 is 0 Å². The smallest absolute Gasteiger partial charge is 0.285 e. The molecule has 1 aliphatic heterocycles. The van der Waals surface area contributed by atoms with E-state index in [4.69, 9.17) is 15.8 Å². The minimum atomic E-state index is -0.755. The Morgan fingerprint density at radius 2 is 1.33 bits per heavy atom. The number of rotatable bonds is 5. The van der Waals surface area contributed by atoms with Crippen molar-refractivity contribution in [3.05, 3.63) is 107 Å². The lowest BCUT2D eigenvalue weighted by Crippen LogP contribution is -2.31. The van der Waals surface area contributed by atoms with E-state index in [2.05, 4.69) is 0 Å². The van der Waals surface area contributed by atoms with Crippen molar-refractivity contribution >= 4 is 23.6 Å². The number of nitrogens with zero attached hydrogens (tertiary/aromatic N) is 1. The van der Waals surface area contributed by atoms with Gasteiger partial charge in [0.2, 0.25) is 5.91 Å². The van der Waals surface area contributed by atoms with Crippen molar-refractivity contribution in [1.29, 1.82) is 0 Å². The van der Waals surface area contributed by atoms with E-state index in [1.165, 1.54) is 17.6 Å². The summed E-state index contributed by atoms with van der Waals surface area (Å²) in [5, 5.41) is 9.19. The molecule has 33 heavy (non-hydrogen) atoms. The monoisotopic (exact) mass is 447 g/mol. The predicted molar refractivity (Wildman–Crippen MR) is 117 cm³/mol. The van der Waals surface area contributed by atoms with Gasteiger partial charge in [-0.15, -0.1) is 5.06 Å². The largest absolute Gasteiger partial charge is 0.366 e. The standard InChI is InChI=1S/C16H13NO3.C8H8N2O3/c1-11(12-7-3-2-4-8-12)20-17-15(18)13-9-5-6-10-14(13)16(17)19;9-7(11)5-3-1-2-4-6(5)8(12)10-13/h2-11H,1H3;1-4,13H,(H2,9,11)(H,10,12). The number of hydrogen-bond donors (Lipinski definition) is 3. The Bertz CT molecular complexity index is 1160. The molecule has 0 saturated heterocycles. The SMILES string of the molecule is CC(ON1C(=O)c2ccccc2C1=O)c1ccccc1.NC(=O)c1ccccc1C(=O)NO. The number of benzene rings is 3. The van der Waals surface area contributed by atoms with Crippen molar-refractivity contribution in [2.75, 3.05) is 0 Å². The number of nitrogens with two attached hydrogens (primary N) is 1. The van der Waals surface area contributed by atoms with E-state index < -0.39 is 23.6 Å². The minimum absolute atomic E-state index is 0.0532. The number of imide groups is 1. The number of hydroxylamine groups is 3. The highest BCUT2D eigenvalue weighted by atomic mass is 16.7.